The van der Waals surface area contributed by atoms with Crippen molar-refractivity contribution in [1.29, 1.82) is 0 Å². The van der Waals surface area contributed by atoms with Gasteiger partial charge in [-0.2, -0.15) is 0 Å². The maximum absolute atomic E-state index is 13.6. The predicted octanol–water partition coefficient (Wildman–Crippen LogP) is 4.53. The zero-order valence-corrected chi connectivity index (χ0v) is 22.9. The molecule has 6 atom stereocenters. The first-order valence-electron chi connectivity index (χ1n) is 13.5. The third-order valence-corrected chi connectivity index (χ3v) is 8.10. The number of benzene rings is 1. The van der Waals surface area contributed by atoms with E-state index in [-0.39, 0.29) is 29.5 Å². The van der Waals surface area contributed by atoms with Crippen molar-refractivity contribution in [2.45, 2.75) is 104 Å². The molecular weight excluding hydrogens is 455 g/mol. The second kappa shape index (κ2) is 10.4. The molecule has 1 aromatic carbocycles. The smallest absolute Gasteiger partial charge is 0.444 e. The van der Waals surface area contributed by atoms with E-state index in [1.165, 1.54) is 6.42 Å². The molecule has 2 N–H and O–H groups in total. The minimum Gasteiger partial charge on any atom is -0.444 e. The van der Waals surface area contributed by atoms with Crippen molar-refractivity contribution >= 4 is 19.1 Å². The number of carbonyl (C=O) groups excluding carboxylic acids is 2. The lowest BCUT2D eigenvalue weighted by atomic mass is 9.47. The number of hydrogen-bond acceptors (Lipinski definition) is 5. The Kier molecular flexibility index (Phi) is 7.77. The lowest BCUT2D eigenvalue weighted by Gasteiger charge is -2.60. The molecule has 1 aromatic rings. The minimum atomic E-state index is -0.785. The van der Waals surface area contributed by atoms with Gasteiger partial charge < -0.3 is 24.7 Å². The van der Waals surface area contributed by atoms with Gasteiger partial charge in [-0.15, -0.1) is 0 Å². The van der Waals surface area contributed by atoms with Crippen molar-refractivity contribution in [3.8, 4) is 0 Å². The van der Waals surface area contributed by atoms with Crippen molar-refractivity contribution < 1.29 is 23.6 Å². The van der Waals surface area contributed by atoms with E-state index >= 15 is 0 Å². The lowest BCUT2D eigenvalue weighted by molar-refractivity contribution is -0.150. The summed E-state index contributed by atoms with van der Waals surface area (Å²) >= 11 is 0. The van der Waals surface area contributed by atoms with Gasteiger partial charge in [0.2, 0.25) is 5.91 Å². The molecule has 4 fully saturated rings. The summed E-state index contributed by atoms with van der Waals surface area (Å²) in [5.74, 6) is 0.949. The first kappa shape index (κ1) is 27.0. The highest BCUT2D eigenvalue weighted by atomic mass is 16.7. The summed E-state index contributed by atoms with van der Waals surface area (Å²) in [6, 6.07) is 8.89. The average Bonchev–Trinajstić information content (AvgIpc) is 3.21. The molecule has 1 aliphatic heterocycles. The predicted molar refractivity (Wildman–Crippen MR) is 140 cm³/mol. The van der Waals surface area contributed by atoms with Crippen LogP contribution in [0.1, 0.15) is 73.3 Å². The molecule has 2 bridgehead atoms. The van der Waals surface area contributed by atoms with Crippen LogP contribution in [0.4, 0.5) is 4.79 Å². The molecule has 1 heterocycles. The van der Waals surface area contributed by atoms with Gasteiger partial charge in [-0.25, -0.2) is 4.79 Å². The molecule has 3 saturated carbocycles. The Morgan fingerprint density at radius 1 is 1.11 bits per heavy atom. The molecule has 5 unspecified atom stereocenters. The molecule has 7 nitrogen and oxygen atoms in total. The van der Waals surface area contributed by atoms with Crippen LogP contribution in [0.3, 0.4) is 0 Å². The van der Waals surface area contributed by atoms with Crippen LogP contribution >= 0.6 is 0 Å². The number of carbonyl (C=O) groups is 2. The van der Waals surface area contributed by atoms with E-state index < -0.39 is 24.9 Å². The van der Waals surface area contributed by atoms with Gasteiger partial charge in [0.25, 0.3) is 0 Å². The van der Waals surface area contributed by atoms with Crippen LogP contribution in [0.5, 0.6) is 0 Å². The number of amides is 2. The van der Waals surface area contributed by atoms with Crippen LogP contribution in [0, 0.1) is 23.2 Å². The molecule has 3 aliphatic carbocycles. The van der Waals surface area contributed by atoms with E-state index in [0.29, 0.717) is 24.2 Å². The Labute approximate surface area is 216 Å². The second-order valence-corrected chi connectivity index (χ2v) is 12.9. The highest BCUT2D eigenvalue weighted by Gasteiger charge is 2.62. The Bertz CT molecular complexity index is 932. The van der Waals surface area contributed by atoms with E-state index in [0.717, 1.165) is 18.4 Å². The summed E-state index contributed by atoms with van der Waals surface area (Å²) in [7, 11) is -0.486. The maximum Gasteiger partial charge on any atom is 0.481 e. The fourth-order valence-corrected chi connectivity index (χ4v) is 6.09. The van der Waals surface area contributed by atoms with Crippen LogP contribution in [-0.2, 0) is 25.3 Å². The fourth-order valence-electron chi connectivity index (χ4n) is 6.09. The van der Waals surface area contributed by atoms with Gasteiger partial charge >= 0.3 is 13.2 Å². The first-order chi connectivity index (χ1) is 16.8. The van der Waals surface area contributed by atoms with Crippen molar-refractivity contribution in [3.63, 3.8) is 0 Å². The third-order valence-electron chi connectivity index (χ3n) is 8.10. The zero-order chi connectivity index (χ0) is 26.3. The summed E-state index contributed by atoms with van der Waals surface area (Å²) < 4.78 is 18.4. The third kappa shape index (κ3) is 6.08. The van der Waals surface area contributed by atoms with Crippen LogP contribution in [-0.4, -0.2) is 48.9 Å². The van der Waals surface area contributed by atoms with Gasteiger partial charge in [0.15, 0.2) is 0 Å². The number of ether oxygens (including phenoxy) is 1. The van der Waals surface area contributed by atoms with E-state index in [2.05, 4.69) is 38.3 Å². The normalized spacial score (nSPS) is 28.1. The van der Waals surface area contributed by atoms with Crippen molar-refractivity contribution in [1.82, 2.24) is 10.6 Å². The first-order valence-corrected chi connectivity index (χ1v) is 13.5. The Balaban J connectivity index is 1.47. The van der Waals surface area contributed by atoms with Gasteiger partial charge in [0.05, 0.1) is 18.1 Å². The molecule has 0 spiro atoms. The topological polar surface area (TPSA) is 85.9 Å². The summed E-state index contributed by atoms with van der Waals surface area (Å²) in [4.78, 5) is 26.2. The highest BCUT2D eigenvalue weighted by Crippen LogP contribution is 2.61. The Morgan fingerprint density at radius 2 is 1.81 bits per heavy atom. The average molecular weight is 498 g/mol. The summed E-state index contributed by atoms with van der Waals surface area (Å²) in [6.45, 7) is 14.3. The van der Waals surface area contributed by atoms with Crippen molar-refractivity contribution in [3.05, 3.63) is 35.9 Å². The summed E-state index contributed by atoms with van der Waals surface area (Å²) in [5, 5.41) is 5.97. The number of hydrogen-bond donors (Lipinski definition) is 2. The van der Waals surface area contributed by atoms with Gasteiger partial charge in [0, 0.05) is 6.42 Å². The van der Waals surface area contributed by atoms with E-state index in [1.54, 1.807) is 20.8 Å². The largest absolute Gasteiger partial charge is 0.481 e. The monoisotopic (exact) mass is 498 g/mol. The van der Waals surface area contributed by atoms with Crippen LogP contribution in [0.15, 0.2) is 30.3 Å². The van der Waals surface area contributed by atoms with Crippen LogP contribution in [0.25, 0.3) is 0 Å². The minimum absolute atomic E-state index is 0.0848. The number of rotatable bonds is 8. The molecule has 198 valence electrons. The molecule has 8 heteroatoms. The molecule has 36 heavy (non-hydrogen) atoms. The van der Waals surface area contributed by atoms with Gasteiger partial charge in [-0.1, -0.05) is 58.0 Å². The molecule has 0 aromatic heterocycles. The fraction of sp³-hybridized carbons (Fsp3) is 0.714. The molecule has 5 rings (SSSR count). The van der Waals surface area contributed by atoms with Crippen LogP contribution < -0.4 is 10.6 Å². The lowest BCUT2D eigenvalue weighted by Crippen LogP contribution is -2.59. The molecular formula is C28H43BN2O5. The van der Waals surface area contributed by atoms with E-state index in [1.807, 2.05) is 30.3 Å². The Morgan fingerprint density at radius 3 is 2.42 bits per heavy atom. The number of alkyl carbamates (subject to hydrolysis) is 1. The molecule has 4 aliphatic rings. The summed E-state index contributed by atoms with van der Waals surface area (Å²) in [5.41, 5.74) is 0.582. The van der Waals surface area contributed by atoms with Gasteiger partial charge in [0.1, 0.15) is 11.6 Å². The number of nitrogens with one attached hydrogen (secondary N) is 2. The van der Waals surface area contributed by atoms with Gasteiger partial charge in [-0.3, -0.25) is 4.79 Å². The van der Waals surface area contributed by atoms with E-state index in [4.69, 9.17) is 14.0 Å². The van der Waals surface area contributed by atoms with Gasteiger partial charge in [-0.05, 0) is 68.8 Å². The standard InChI is InChI=1S/C28H43BN2O5/c1-17(2)13-23(29-35-22-16-19-15-20(24(22)36-29)28(19,6)7)31-25(32)21(14-18-11-9-8-10-12-18)30-26(33)34-27(3,4)5/h8-12,17,19-24H,13-16H2,1-7H3,(H,30,33)(H,31,32)/t19?,20?,21?,22?,23-,24?/m0/s1. The quantitative estimate of drug-likeness (QED) is 0.515. The SMILES string of the molecule is CC(C)C[C@H](NC(=O)C(Cc1ccccc1)NC(=O)OC(C)(C)C)B1OC2CC3CC(C2O1)C3(C)C. The van der Waals surface area contributed by atoms with Crippen molar-refractivity contribution in [2.24, 2.45) is 23.2 Å². The zero-order valence-electron chi connectivity index (χ0n) is 22.9. The van der Waals surface area contributed by atoms with Crippen LogP contribution in [0.2, 0.25) is 0 Å². The molecule has 0 radical (unpaired) electrons. The Hall–Kier alpha value is -2.06. The summed E-state index contributed by atoms with van der Waals surface area (Å²) in [6.07, 6.45) is 2.86. The molecule has 1 saturated heterocycles. The highest BCUT2D eigenvalue weighted by molar-refractivity contribution is 6.47. The van der Waals surface area contributed by atoms with Crippen molar-refractivity contribution in [2.75, 3.05) is 0 Å². The second-order valence-electron chi connectivity index (χ2n) is 12.9. The van der Waals surface area contributed by atoms with E-state index in [9.17, 15) is 9.59 Å². The molecule has 2 amide bonds. The maximum atomic E-state index is 13.6.